The molecule has 4 aromatic rings. The van der Waals surface area contributed by atoms with E-state index in [1.54, 1.807) is 6.20 Å². The standard InChI is InChI=1S/C18H17ClN6/c19-12-1-2-16-14(8-12)15-9-13(23-17-4-6-22-25-17)7-11(18(15)24-16)3-5-21-10-20/h1-2,4,6-10,24H,3,5H2,(H2,20,21)(H2,22,23,25). The lowest BCUT2D eigenvalue weighted by Gasteiger charge is -2.08. The lowest BCUT2D eigenvalue weighted by molar-refractivity contribution is 0.977. The lowest BCUT2D eigenvalue weighted by atomic mass is 10.0. The van der Waals surface area contributed by atoms with Crippen molar-refractivity contribution in [3.63, 3.8) is 0 Å². The molecule has 2 aromatic carbocycles. The first kappa shape index (κ1) is 15.5. The van der Waals surface area contributed by atoms with Crippen molar-refractivity contribution >= 4 is 51.3 Å². The van der Waals surface area contributed by atoms with E-state index in [9.17, 15) is 0 Å². The third kappa shape index (κ3) is 3.04. The SMILES string of the molecule is NC=NCCc1cc(Nc2ccn[nH]2)cc2c1[nH]c1ccc(Cl)cc12. The second-order valence-corrected chi connectivity index (χ2v) is 6.21. The molecular formula is C18H17ClN6. The van der Waals surface area contributed by atoms with Gasteiger partial charge >= 0.3 is 0 Å². The van der Waals surface area contributed by atoms with Crippen LogP contribution in [0.25, 0.3) is 21.8 Å². The number of aromatic amines is 2. The van der Waals surface area contributed by atoms with Crippen molar-refractivity contribution in [2.45, 2.75) is 6.42 Å². The first-order chi connectivity index (χ1) is 12.2. The van der Waals surface area contributed by atoms with Crippen LogP contribution in [0.5, 0.6) is 0 Å². The van der Waals surface area contributed by atoms with Gasteiger partial charge in [-0.3, -0.25) is 10.1 Å². The van der Waals surface area contributed by atoms with Crippen molar-refractivity contribution in [1.29, 1.82) is 0 Å². The summed E-state index contributed by atoms with van der Waals surface area (Å²) in [7, 11) is 0. The van der Waals surface area contributed by atoms with Gasteiger partial charge in [0.2, 0.25) is 0 Å². The van der Waals surface area contributed by atoms with Gasteiger partial charge in [0.1, 0.15) is 5.82 Å². The van der Waals surface area contributed by atoms with Crippen LogP contribution in [0.4, 0.5) is 11.5 Å². The highest BCUT2D eigenvalue weighted by atomic mass is 35.5. The van der Waals surface area contributed by atoms with E-state index in [4.69, 9.17) is 17.3 Å². The van der Waals surface area contributed by atoms with Crippen LogP contribution in [-0.4, -0.2) is 28.1 Å². The van der Waals surface area contributed by atoms with Crippen molar-refractivity contribution in [2.75, 3.05) is 11.9 Å². The third-order valence-corrected chi connectivity index (χ3v) is 4.38. The first-order valence-electron chi connectivity index (χ1n) is 7.95. The van der Waals surface area contributed by atoms with Gasteiger partial charge in [-0.1, -0.05) is 11.6 Å². The van der Waals surface area contributed by atoms with E-state index in [0.717, 1.165) is 50.3 Å². The van der Waals surface area contributed by atoms with E-state index in [1.807, 2.05) is 24.3 Å². The highest BCUT2D eigenvalue weighted by Crippen LogP contribution is 2.33. The summed E-state index contributed by atoms with van der Waals surface area (Å²) >= 11 is 6.20. The van der Waals surface area contributed by atoms with E-state index < -0.39 is 0 Å². The highest BCUT2D eigenvalue weighted by molar-refractivity contribution is 6.31. The minimum atomic E-state index is 0.634. The predicted molar refractivity (Wildman–Crippen MR) is 104 cm³/mol. The van der Waals surface area contributed by atoms with E-state index in [-0.39, 0.29) is 0 Å². The maximum absolute atomic E-state index is 6.20. The van der Waals surface area contributed by atoms with Crippen LogP contribution in [0.3, 0.4) is 0 Å². The molecule has 6 nitrogen and oxygen atoms in total. The van der Waals surface area contributed by atoms with Gasteiger partial charge in [-0.25, -0.2) is 0 Å². The molecule has 0 aliphatic heterocycles. The fourth-order valence-electron chi connectivity index (χ4n) is 3.06. The molecule has 0 aliphatic carbocycles. The van der Waals surface area contributed by atoms with Crippen LogP contribution in [-0.2, 0) is 6.42 Å². The number of nitrogens with zero attached hydrogens (tertiary/aromatic N) is 2. The number of aromatic nitrogens is 3. The van der Waals surface area contributed by atoms with Crippen molar-refractivity contribution in [3.8, 4) is 0 Å². The van der Waals surface area contributed by atoms with Crippen LogP contribution < -0.4 is 11.1 Å². The Balaban J connectivity index is 1.87. The Bertz CT molecular complexity index is 1050. The van der Waals surface area contributed by atoms with E-state index in [1.165, 1.54) is 6.34 Å². The summed E-state index contributed by atoms with van der Waals surface area (Å²) in [6.07, 6.45) is 3.83. The summed E-state index contributed by atoms with van der Waals surface area (Å²) in [6.45, 7) is 0.634. The van der Waals surface area contributed by atoms with Gasteiger partial charge in [0.05, 0.1) is 12.5 Å². The van der Waals surface area contributed by atoms with Gasteiger partial charge in [-0.15, -0.1) is 0 Å². The number of benzene rings is 2. The summed E-state index contributed by atoms with van der Waals surface area (Å²) in [4.78, 5) is 7.63. The molecule has 5 N–H and O–H groups in total. The molecule has 0 amide bonds. The van der Waals surface area contributed by atoms with Gasteiger partial charge in [0.25, 0.3) is 0 Å². The number of rotatable bonds is 5. The van der Waals surface area contributed by atoms with Crippen LogP contribution in [0, 0.1) is 0 Å². The zero-order valence-electron chi connectivity index (χ0n) is 13.4. The Morgan fingerprint density at radius 2 is 2.12 bits per heavy atom. The maximum Gasteiger partial charge on any atom is 0.125 e. The third-order valence-electron chi connectivity index (χ3n) is 4.15. The van der Waals surface area contributed by atoms with Crippen molar-refractivity contribution in [2.24, 2.45) is 10.7 Å². The smallest absolute Gasteiger partial charge is 0.125 e. The number of nitrogens with two attached hydrogens (primary N) is 1. The minimum absolute atomic E-state index is 0.634. The average molecular weight is 353 g/mol. The number of halogens is 1. The molecule has 0 saturated heterocycles. The quantitative estimate of drug-likeness (QED) is 0.323. The van der Waals surface area contributed by atoms with Gasteiger partial charge in [-0.05, 0) is 42.3 Å². The second-order valence-electron chi connectivity index (χ2n) is 5.77. The fraction of sp³-hybridized carbons (Fsp3) is 0.111. The number of H-pyrrole nitrogens is 2. The molecule has 7 heteroatoms. The fourth-order valence-corrected chi connectivity index (χ4v) is 3.23. The number of fused-ring (bicyclic) bond motifs is 3. The summed E-state index contributed by atoms with van der Waals surface area (Å²) in [5.74, 6) is 0.836. The first-order valence-corrected chi connectivity index (χ1v) is 8.32. The Morgan fingerprint density at radius 3 is 2.92 bits per heavy atom. The largest absolute Gasteiger partial charge is 0.390 e. The summed E-state index contributed by atoms with van der Waals surface area (Å²) in [6, 6.07) is 12.0. The minimum Gasteiger partial charge on any atom is -0.390 e. The van der Waals surface area contributed by atoms with Crippen molar-refractivity contribution in [3.05, 3.63) is 53.2 Å². The summed E-state index contributed by atoms with van der Waals surface area (Å²) in [5.41, 5.74) is 9.66. The molecule has 25 heavy (non-hydrogen) atoms. The molecule has 2 aromatic heterocycles. The van der Waals surface area contributed by atoms with E-state index >= 15 is 0 Å². The second kappa shape index (κ2) is 6.49. The lowest BCUT2D eigenvalue weighted by Crippen LogP contribution is -1.97. The zero-order valence-corrected chi connectivity index (χ0v) is 14.1. The maximum atomic E-state index is 6.20. The van der Waals surface area contributed by atoms with Crippen molar-refractivity contribution < 1.29 is 0 Å². The predicted octanol–water partition coefficient (Wildman–Crippen LogP) is 3.97. The molecule has 0 aliphatic rings. The van der Waals surface area contributed by atoms with Crippen LogP contribution >= 0.6 is 11.6 Å². The zero-order chi connectivity index (χ0) is 17.2. The van der Waals surface area contributed by atoms with Gasteiger partial charge in [0, 0.05) is 45.1 Å². The number of anilines is 2. The molecular weight excluding hydrogens is 336 g/mol. The number of hydrogen-bond donors (Lipinski definition) is 4. The summed E-state index contributed by atoms with van der Waals surface area (Å²) in [5, 5.41) is 13.2. The molecule has 0 atom stereocenters. The molecule has 0 spiro atoms. The molecule has 2 heterocycles. The topological polar surface area (TPSA) is 94.9 Å². The number of hydrogen-bond acceptors (Lipinski definition) is 3. The average Bonchev–Trinajstić information content (AvgIpc) is 3.23. The molecule has 0 fully saturated rings. The van der Waals surface area contributed by atoms with E-state index in [2.05, 4.69) is 37.6 Å². The Morgan fingerprint density at radius 1 is 1.20 bits per heavy atom. The molecule has 0 unspecified atom stereocenters. The normalized spacial score (nSPS) is 11.7. The van der Waals surface area contributed by atoms with Crippen LogP contribution in [0.2, 0.25) is 5.02 Å². The van der Waals surface area contributed by atoms with Crippen molar-refractivity contribution in [1.82, 2.24) is 15.2 Å². The number of aliphatic imine (C=N–C) groups is 1. The van der Waals surface area contributed by atoms with Gasteiger partial charge in [-0.2, -0.15) is 5.10 Å². The van der Waals surface area contributed by atoms with Crippen LogP contribution in [0.15, 0.2) is 47.6 Å². The van der Waals surface area contributed by atoms with Gasteiger partial charge in [0.15, 0.2) is 0 Å². The molecule has 0 radical (unpaired) electrons. The Kier molecular flexibility index (Phi) is 4.03. The monoisotopic (exact) mass is 352 g/mol. The molecule has 126 valence electrons. The summed E-state index contributed by atoms with van der Waals surface area (Å²) < 4.78 is 0. The molecule has 0 saturated carbocycles. The number of nitrogens with one attached hydrogen (secondary N) is 3. The Hall–Kier alpha value is -2.99. The molecule has 4 rings (SSSR count). The molecule has 0 bridgehead atoms. The van der Waals surface area contributed by atoms with Gasteiger partial charge < -0.3 is 16.0 Å². The van der Waals surface area contributed by atoms with Crippen LogP contribution in [0.1, 0.15) is 5.56 Å². The Labute approximate surface area is 149 Å². The highest BCUT2D eigenvalue weighted by Gasteiger charge is 2.11. The van der Waals surface area contributed by atoms with E-state index in [0.29, 0.717) is 6.54 Å².